The van der Waals surface area contributed by atoms with Crippen LogP contribution in [-0.4, -0.2) is 15.7 Å². The van der Waals surface area contributed by atoms with Crippen molar-refractivity contribution in [3.05, 3.63) is 46.7 Å². The summed E-state index contributed by atoms with van der Waals surface area (Å²) < 4.78 is 1.71. The predicted molar refractivity (Wildman–Crippen MR) is 83.6 cm³/mol. The number of aryl methyl sites for hydroxylation is 2. The van der Waals surface area contributed by atoms with E-state index in [0.29, 0.717) is 5.02 Å². The second kappa shape index (κ2) is 5.19. The molecule has 0 atom stereocenters. The van der Waals surface area contributed by atoms with Crippen molar-refractivity contribution in [1.82, 2.24) is 9.78 Å². The summed E-state index contributed by atoms with van der Waals surface area (Å²) in [5, 5.41) is 7.98. The highest BCUT2D eigenvalue weighted by atomic mass is 35.5. The number of amides is 1. The van der Waals surface area contributed by atoms with Gasteiger partial charge in [-0.3, -0.25) is 9.48 Å². The van der Waals surface area contributed by atoms with E-state index in [-0.39, 0.29) is 5.91 Å². The minimum atomic E-state index is -0.424. The molecule has 4 nitrogen and oxygen atoms in total. The summed E-state index contributed by atoms with van der Waals surface area (Å²) in [6.07, 6.45) is 4.66. The second-order valence-corrected chi connectivity index (χ2v) is 6.13. The van der Waals surface area contributed by atoms with E-state index in [1.54, 1.807) is 4.68 Å². The molecule has 0 saturated heterocycles. The maximum Gasteiger partial charge on any atom is 0.235 e. The third-order valence-electron chi connectivity index (χ3n) is 4.30. The number of rotatable bonds is 3. The summed E-state index contributed by atoms with van der Waals surface area (Å²) in [5.74, 6) is 0.0483. The van der Waals surface area contributed by atoms with Crippen molar-refractivity contribution in [3.8, 4) is 0 Å². The molecule has 1 aliphatic carbocycles. The van der Waals surface area contributed by atoms with Crippen LogP contribution in [0, 0.1) is 6.92 Å². The first kappa shape index (κ1) is 14.1. The van der Waals surface area contributed by atoms with Crippen molar-refractivity contribution in [2.75, 3.05) is 5.32 Å². The van der Waals surface area contributed by atoms with Crippen LogP contribution >= 0.6 is 11.6 Å². The van der Waals surface area contributed by atoms with Crippen molar-refractivity contribution in [1.29, 1.82) is 0 Å². The summed E-state index contributed by atoms with van der Waals surface area (Å²) in [7, 11) is 1.85. The predicted octanol–water partition coefficient (Wildman–Crippen LogP) is 3.44. The molecule has 1 heterocycles. The number of aromatic nitrogens is 2. The molecular formula is C16H18ClN3O. The van der Waals surface area contributed by atoms with E-state index in [2.05, 4.69) is 10.4 Å². The average molecular weight is 304 g/mol. The van der Waals surface area contributed by atoms with Gasteiger partial charge in [-0.15, -0.1) is 0 Å². The highest BCUT2D eigenvalue weighted by Gasteiger charge is 2.45. The van der Waals surface area contributed by atoms with Crippen LogP contribution in [0.4, 0.5) is 5.69 Å². The van der Waals surface area contributed by atoms with Crippen LogP contribution in [0.2, 0.25) is 5.02 Å². The van der Waals surface area contributed by atoms with Crippen molar-refractivity contribution < 1.29 is 4.79 Å². The fraction of sp³-hybridized carbons (Fsp3) is 0.375. The fourth-order valence-corrected chi connectivity index (χ4v) is 3.04. The van der Waals surface area contributed by atoms with Crippen LogP contribution in [-0.2, 0) is 17.3 Å². The van der Waals surface area contributed by atoms with Crippen LogP contribution in [0.3, 0.4) is 0 Å². The van der Waals surface area contributed by atoms with E-state index in [1.807, 2.05) is 44.4 Å². The van der Waals surface area contributed by atoms with E-state index in [1.165, 1.54) is 0 Å². The Bertz CT molecular complexity index is 671. The third kappa shape index (κ3) is 2.44. The minimum Gasteiger partial charge on any atom is -0.322 e. The Balaban J connectivity index is 1.87. The Morgan fingerprint density at radius 1 is 1.33 bits per heavy atom. The lowest BCUT2D eigenvalue weighted by Crippen LogP contribution is -2.46. The van der Waals surface area contributed by atoms with Gasteiger partial charge >= 0.3 is 0 Å². The topological polar surface area (TPSA) is 46.9 Å². The molecule has 1 fully saturated rings. The quantitative estimate of drug-likeness (QED) is 0.944. The van der Waals surface area contributed by atoms with Gasteiger partial charge in [0.2, 0.25) is 5.91 Å². The standard InChI is InChI=1S/C16H18ClN3O/c1-11-14(10-20(2)19-11)18-15(21)16(8-3-9-16)12-4-6-13(17)7-5-12/h4-7,10H,3,8-9H2,1-2H3,(H,18,21). The maximum atomic E-state index is 12.8. The molecule has 0 radical (unpaired) electrons. The molecule has 5 heteroatoms. The highest BCUT2D eigenvalue weighted by Crippen LogP contribution is 2.45. The number of hydrogen-bond acceptors (Lipinski definition) is 2. The zero-order chi connectivity index (χ0) is 15.0. The molecule has 0 spiro atoms. The van der Waals surface area contributed by atoms with Crippen LogP contribution < -0.4 is 5.32 Å². The summed E-state index contributed by atoms with van der Waals surface area (Å²) in [5.41, 5.74) is 2.23. The molecule has 1 aromatic carbocycles. The molecule has 1 aromatic heterocycles. The lowest BCUT2D eigenvalue weighted by atomic mass is 9.64. The summed E-state index contributed by atoms with van der Waals surface area (Å²) in [6, 6.07) is 7.60. The zero-order valence-corrected chi connectivity index (χ0v) is 12.9. The van der Waals surface area contributed by atoms with E-state index in [0.717, 1.165) is 36.2 Å². The molecule has 0 unspecified atom stereocenters. The first-order valence-electron chi connectivity index (χ1n) is 7.09. The number of halogens is 1. The number of hydrogen-bond donors (Lipinski definition) is 1. The van der Waals surface area contributed by atoms with Gasteiger partial charge in [0.1, 0.15) is 0 Å². The van der Waals surface area contributed by atoms with E-state index in [4.69, 9.17) is 11.6 Å². The number of carbonyl (C=O) groups is 1. The van der Waals surface area contributed by atoms with Crippen LogP contribution in [0.15, 0.2) is 30.5 Å². The Morgan fingerprint density at radius 3 is 2.48 bits per heavy atom. The lowest BCUT2D eigenvalue weighted by molar-refractivity contribution is -0.124. The molecule has 1 N–H and O–H groups in total. The molecule has 0 bridgehead atoms. The highest BCUT2D eigenvalue weighted by molar-refractivity contribution is 6.30. The molecule has 2 aromatic rings. The molecule has 0 aliphatic heterocycles. The lowest BCUT2D eigenvalue weighted by Gasteiger charge is -2.40. The van der Waals surface area contributed by atoms with Crippen molar-refractivity contribution in [2.24, 2.45) is 7.05 Å². The smallest absolute Gasteiger partial charge is 0.235 e. The largest absolute Gasteiger partial charge is 0.322 e. The van der Waals surface area contributed by atoms with Crippen molar-refractivity contribution in [3.63, 3.8) is 0 Å². The average Bonchev–Trinajstić information content (AvgIpc) is 2.69. The van der Waals surface area contributed by atoms with Gasteiger partial charge in [0, 0.05) is 18.3 Å². The van der Waals surface area contributed by atoms with Crippen LogP contribution in [0.25, 0.3) is 0 Å². The van der Waals surface area contributed by atoms with Gasteiger partial charge in [0.15, 0.2) is 0 Å². The molecule has 21 heavy (non-hydrogen) atoms. The molecular weight excluding hydrogens is 286 g/mol. The summed E-state index contributed by atoms with van der Waals surface area (Å²) >= 11 is 5.94. The van der Waals surface area contributed by atoms with Gasteiger partial charge in [0.05, 0.1) is 16.8 Å². The fourth-order valence-electron chi connectivity index (χ4n) is 2.91. The first-order valence-corrected chi connectivity index (χ1v) is 7.47. The van der Waals surface area contributed by atoms with Crippen molar-refractivity contribution in [2.45, 2.75) is 31.6 Å². The number of benzene rings is 1. The Hall–Kier alpha value is -1.81. The molecule has 1 amide bonds. The molecule has 1 aliphatic rings. The number of nitrogens with zero attached hydrogens (tertiary/aromatic N) is 2. The first-order chi connectivity index (χ1) is 10.0. The second-order valence-electron chi connectivity index (χ2n) is 5.70. The minimum absolute atomic E-state index is 0.0483. The van der Waals surface area contributed by atoms with Gasteiger partial charge < -0.3 is 5.32 Å². The van der Waals surface area contributed by atoms with E-state index >= 15 is 0 Å². The monoisotopic (exact) mass is 303 g/mol. The summed E-state index contributed by atoms with van der Waals surface area (Å²) in [4.78, 5) is 12.8. The van der Waals surface area contributed by atoms with Crippen LogP contribution in [0.1, 0.15) is 30.5 Å². The van der Waals surface area contributed by atoms with Gasteiger partial charge in [-0.25, -0.2) is 0 Å². The summed E-state index contributed by atoms with van der Waals surface area (Å²) in [6.45, 7) is 1.89. The Labute approximate surface area is 129 Å². The number of carbonyl (C=O) groups excluding carboxylic acids is 1. The Morgan fingerprint density at radius 2 is 2.00 bits per heavy atom. The normalized spacial score (nSPS) is 16.3. The maximum absolute atomic E-state index is 12.8. The number of nitrogens with one attached hydrogen (secondary N) is 1. The van der Waals surface area contributed by atoms with Gasteiger partial charge in [-0.2, -0.15) is 5.10 Å². The van der Waals surface area contributed by atoms with E-state index in [9.17, 15) is 4.79 Å². The van der Waals surface area contributed by atoms with Crippen LogP contribution in [0.5, 0.6) is 0 Å². The third-order valence-corrected chi connectivity index (χ3v) is 4.55. The Kier molecular flexibility index (Phi) is 3.49. The zero-order valence-electron chi connectivity index (χ0n) is 12.2. The number of anilines is 1. The molecule has 3 rings (SSSR count). The van der Waals surface area contributed by atoms with Gasteiger partial charge in [-0.1, -0.05) is 30.2 Å². The molecule has 1 saturated carbocycles. The van der Waals surface area contributed by atoms with Gasteiger partial charge in [-0.05, 0) is 37.5 Å². The van der Waals surface area contributed by atoms with Gasteiger partial charge in [0.25, 0.3) is 0 Å². The SMILES string of the molecule is Cc1nn(C)cc1NC(=O)C1(c2ccc(Cl)cc2)CCC1. The van der Waals surface area contributed by atoms with E-state index < -0.39 is 5.41 Å². The molecule has 110 valence electrons. The van der Waals surface area contributed by atoms with Crippen molar-refractivity contribution >= 4 is 23.2 Å².